The maximum atomic E-state index is 5.54. The summed E-state index contributed by atoms with van der Waals surface area (Å²) in [6.07, 6.45) is 4.26. The average molecular weight is 400 g/mol. The van der Waals surface area contributed by atoms with E-state index in [-0.39, 0.29) is 0 Å². The largest absolute Gasteiger partial charge is 0.493 e. The Hall–Kier alpha value is -3.73. The van der Waals surface area contributed by atoms with Crippen LogP contribution in [0, 0.1) is 0 Å². The minimum Gasteiger partial charge on any atom is -0.493 e. The second-order valence-corrected chi connectivity index (χ2v) is 6.76. The van der Waals surface area contributed by atoms with Gasteiger partial charge in [0, 0.05) is 12.1 Å². The van der Waals surface area contributed by atoms with Crippen molar-refractivity contribution in [2.45, 2.75) is 6.54 Å². The number of methoxy groups -OCH3 is 3. The number of rotatable bonds is 7. The lowest BCUT2D eigenvalue weighted by Gasteiger charge is -2.14. The van der Waals surface area contributed by atoms with Gasteiger partial charge in [-0.1, -0.05) is 54.6 Å². The smallest absolute Gasteiger partial charge is 0.203 e. The molecule has 0 radical (unpaired) electrons. The summed E-state index contributed by atoms with van der Waals surface area (Å²) in [5.74, 6) is 2.61. The number of para-hydroxylation sites is 2. The second-order valence-electron chi connectivity index (χ2n) is 6.76. The molecule has 4 rings (SSSR count). The summed E-state index contributed by atoms with van der Waals surface area (Å²) in [6.45, 7) is 0.682. The molecule has 0 unspecified atom stereocenters. The van der Waals surface area contributed by atoms with Crippen LogP contribution < -0.4 is 14.2 Å². The molecule has 0 amide bonds. The maximum absolute atomic E-state index is 5.54. The van der Waals surface area contributed by atoms with Gasteiger partial charge in [-0.15, -0.1) is 0 Å². The Morgan fingerprint density at radius 2 is 1.50 bits per heavy atom. The maximum Gasteiger partial charge on any atom is 0.203 e. The zero-order chi connectivity index (χ0) is 20.9. The van der Waals surface area contributed by atoms with E-state index in [0.717, 1.165) is 28.0 Å². The molecule has 5 heteroatoms. The molecule has 0 bridgehead atoms. The monoisotopic (exact) mass is 400 g/mol. The number of aromatic nitrogens is 2. The first-order chi connectivity index (χ1) is 14.7. The summed E-state index contributed by atoms with van der Waals surface area (Å²) in [6, 6.07) is 22.3. The first kappa shape index (κ1) is 19.6. The third-order valence-corrected chi connectivity index (χ3v) is 4.98. The lowest BCUT2D eigenvalue weighted by Crippen LogP contribution is -2.01. The van der Waals surface area contributed by atoms with Crippen LogP contribution in [0.2, 0.25) is 0 Å². The standard InChI is InChI=1S/C25H24N2O3/c1-28-22-16-19(17-23(29-2)24(22)30-3)25-26-20-13-7-8-14-21(20)27(25)15-9-12-18-10-5-4-6-11-18/h4-14,16-17H,15H2,1-3H3/b12-9+. The first-order valence-corrected chi connectivity index (χ1v) is 9.72. The lowest BCUT2D eigenvalue weighted by atomic mass is 10.1. The summed E-state index contributed by atoms with van der Waals surface area (Å²) in [7, 11) is 4.84. The summed E-state index contributed by atoms with van der Waals surface area (Å²) < 4.78 is 18.7. The lowest BCUT2D eigenvalue weighted by molar-refractivity contribution is 0.324. The van der Waals surface area contributed by atoms with E-state index in [2.05, 4.69) is 34.9 Å². The Morgan fingerprint density at radius 3 is 2.17 bits per heavy atom. The van der Waals surface area contributed by atoms with Gasteiger partial charge >= 0.3 is 0 Å². The molecule has 0 aliphatic carbocycles. The molecule has 0 fully saturated rings. The number of imidazole rings is 1. The van der Waals surface area contributed by atoms with Crippen LogP contribution in [0.4, 0.5) is 0 Å². The molecule has 4 aromatic rings. The summed E-state index contributed by atoms with van der Waals surface area (Å²) in [4.78, 5) is 4.89. The van der Waals surface area contributed by atoms with Crippen LogP contribution in [0.25, 0.3) is 28.5 Å². The Labute approximate surface area is 176 Å². The van der Waals surface area contributed by atoms with Crippen LogP contribution in [-0.4, -0.2) is 30.9 Å². The first-order valence-electron chi connectivity index (χ1n) is 9.72. The highest BCUT2D eigenvalue weighted by molar-refractivity contribution is 5.81. The van der Waals surface area contributed by atoms with Gasteiger partial charge in [0.2, 0.25) is 5.75 Å². The fourth-order valence-electron chi connectivity index (χ4n) is 3.55. The normalized spacial score (nSPS) is 11.2. The van der Waals surface area contributed by atoms with Crippen molar-refractivity contribution in [1.82, 2.24) is 9.55 Å². The number of hydrogen-bond donors (Lipinski definition) is 0. The fraction of sp³-hybridized carbons (Fsp3) is 0.160. The van der Waals surface area contributed by atoms with E-state index < -0.39 is 0 Å². The third kappa shape index (κ3) is 3.74. The number of ether oxygens (including phenoxy) is 3. The molecule has 152 valence electrons. The van der Waals surface area contributed by atoms with E-state index in [1.807, 2.05) is 48.5 Å². The predicted molar refractivity (Wildman–Crippen MR) is 120 cm³/mol. The molecule has 0 spiro atoms. The van der Waals surface area contributed by atoms with Crippen LogP contribution in [-0.2, 0) is 6.54 Å². The number of allylic oxidation sites excluding steroid dienone is 1. The van der Waals surface area contributed by atoms with Gasteiger partial charge in [0.05, 0.1) is 32.4 Å². The molecule has 1 heterocycles. The highest BCUT2D eigenvalue weighted by Crippen LogP contribution is 2.41. The highest BCUT2D eigenvalue weighted by Gasteiger charge is 2.18. The molecule has 0 atom stereocenters. The molecule has 0 saturated heterocycles. The van der Waals surface area contributed by atoms with Crippen LogP contribution in [0.3, 0.4) is 0 Å². The minimum atomic E-state index is 0.565. The van der Waals surface area contributed by atoms with Crippen molar-refractivity contribution < 1.29 is 14.2 Å². The zero-order valence-corrected chi connectivity index (χ0v) is 17.3. The van der Waals surface area contributed by atoms with Gasteiger partial charge in [-0.3, -0.25) is 0 Å². The third-order valence-electron chi connectivity index (χ3n) is 4.98. The van der Waals surface area contributed by atoms with Gasteiger partial charge in [0.1, 0.15) is 5.82 Å². The van der Waals surface area contributed by atoms with Crippen LogP contribution >= 0.6 is 0 Å². The number of hydrogen-bond acceptors (Lipinski definition) is 4. The van der Waals surface area contributed by atoms with E-state index in [0.29, 0.717) is 23.8 Å². The predicted octanol–water partition coefficient (Wildman–Crippen LogP) is 5.44. The number of fused-ring (bicyclic) bond motifs is 1. The molecular weight excluding hydrogens is 376 g/mol. The van der Waals surface area contributed by atoms with Crippen LogP contribution in [0.15, 0.2) is 72.8 Å². The summed E-state index contributed by atoms with van der Waals surface area (Å²) in [5.41, 5.74) is 4.07. The molecule has 0 aliphatic heterocycles. The summed E-state index contributed by atoms with van der Waals surface area (Å²) >= 11 is 0. The van der Waals surface area contributed by atoms with Gasteiger partial charge in [0.25, 0.3) is 0 Å². The summed E-state index contributed by atoms with van der Waals surface area (Å²) in [5, 5.41) is 0. The van der Waals surface area contributed by atoms with E-state index >= 15 is 0 Å². The zero-order valence-electron chi connectivity index (χ0n) is 17.3. The quantitative estimate of drug-likeness (QED) is 0.414. The van der Waals surface area contributed by atoms with Crippen molar-refractivity contribution in [3.63, 3.8) is 0 Å². The van der Waals surface area contributed by atoms with E-state index in [9.17, 15) is 0 Å². The van der Waals surface area contributed by atoms with Crippen molar-refractivity contribution >= 4 is 17.1 Å². The SMILES string of the molecule is COc1cc(-c2nc3ccccc3n2C/C=C/c2ccccc2)cc(OC)c1OC. The van der Waals surface area contributed by atoms with Gasteiger partial charge in [-0.25, -0.2) is 4.98 Å². The number of nitrogens with zero attached hydrogens (tertiary/aromatic N) is 2. The van der Waals surface area contributed by atoms with Crippen molar-refractivity contribution in [3.8, 4) is 28.6 Å². The molecule has 3 aromatic carbocycles. The number of benzene rings is 3. The van der Waals surface area contributed by atoms with Crippen molar-refractivity contribution in [3.05, 3.63) is 78.4 Å². The molecule has 5 nitrogen and oxygen atoms in total. The van der Waals surface area contributed by atoms with Crippen molar-refractivity contribution in [2.24, 2.45) is 0 Å². The van der Waals surface area contributed by atoms with Gasteiger partial charge in [0.15, 0.2) is 11.5 Å². The Bertz CT molecular complexity index is 1150. The average Bonchev–Trinajstić information content (AvgIpc) is 3.17. The molecule has 1 aromatic heterocycles. The highest BCUT2D eigenvalue weighted by atomic mass is 16.5. The van der Waals surface area contributed by atoms with Crippen LogP contribution in [0.1, 0.15) is 5.56 Å². The van der Waals surface area contributed by atoms with Gasteiger partial charge < -0.3 is 18.8 Å². The molecule has 30 heavy (non-hydrogen) atoms. The van der Waals surface area contributed by atoms with Gasteiger partial charge in [-0.2, -0.15) is 0 Å². The Balaban J connectivity index is 1.81. The van der Waals surface area contributed by atoms with E-state index in [4.69, 9.17) is 19.2 Å². The van der Waals surface area contributed by atoms with Crippen molar-refractivity contribution in [1.29, 1.82) is 0 Å². The molecule has 0 aliphatic rings. The van der Waals surface area contributed by atoms with Gasteiger partial charge in [-0.05, 0) is 29.8 Å². The molecular formula is C25H24N2O3. The van der Waals surface area contributed by atoms with Crippen molar-refractivity contribution in [2.75, 3.05) is 21.3 Å². The van der Waals surface area contributed by atoms with E-state index in [1.165, 1.54) is 0 Å². The molecule has 0 N–H and O–H groups in total. The van der Waals surface area contributed by atoms with E-state index in [1.54, 1.807) is 21.3 Å². The fourth-order valence-corrected chi connectivity index (χ4v) is 3.55. The minimum absolute atomic E-state index is 0.565. The van der Waals surface area contributed by atoms with Crippen LogP contribution in [0.5, 0.6) is 17.2 Å². The topological polar surface area (TPSA) is 45.5 Å². The molecule has 0 saturated carbocycles. The Kier molecular flexibility index (Phi) is 5.70. The second kappa shape index (κ2) is 8.74. The Morgan fingerprint density at radius 1 is 0.833 bits per heavy atom.